The van der Waals surface area contributed by atoms with Gasteiger partial charge in [0.1, 0.15) is 11.7 Å². The molecule has 2 N–H and O–H groups in total. The van der Waals surface area contributed by atoms with Gasteiger partial charge in [-0.25, -0.2) is 0 Å². The third-order valence-corrected chi connectivity index (χ3v) is 8.02. The summed E-state index contributed by atoms with van der Waals surface area (Å²) in [5, 5.41) is 17.3. The Kier molecular flexibility index (Phi) is 5.38. The van der Waals surface area contributed by atoms with Gasteiger partial charge in [0.2, 0.25) is 0 Å². The van der Waals surface area contributed by atoms with E-state index in [0.717, 1.165) is 56.2 Å². The molecule has 8 nitrogen and oxygen atoms in total. The Morgan fingerprint density at radius 1 is 0.439 bits per heavy atom. The Balaban J connectivity index is 0.00000256. The second-order valence-electron chi connectivity index (χ2n) is 10.3. The van der Waals surface area contributed by atoms with Crippen molar-refractivity contribution in [1.29, 1.82) is 0 Å². The van der Waals surface area contributed by atoms with Crippen LogP contribution in [0.2, 0.25) is 0 Å². The van der Waals surface area contributed by atoms with Crippen LogP contribution in [0.15, 0.2) is 117 Å². The van der Waals surface area contributed by atoms with Crippen molar-refractivity contribution in [2.24, 2.45) is 20.0 Å². The summed E-state index contributed by atoms with van der Waals surface area (Å²) in [5.74, 6) is 2.91. The normalized spacial score (nSPS) is 26.3. The quantitative estimate of drug-likeness (QED) is 0.258. The number of nitrogens with one attached hydrogen (secondary N) is 2. The van der Waals surface area contributed by atoms with E-state index in [1.807, 2.05) is 48.5 Å². The molecule has 1 radical (unpaired) electrons. The third-order valence-electron chi connectivity index (χ3n) is 8.02. The van der Waals surface area contributed by atoms with Gasteiger partial charge >= 0.3 is 17.1 Å². The molecule has 201 valence electrons. The number of benzene rings is 4. The van der Waals surface area contributed by atoms with Gasteiger partial charge in [-0.3, -0.25) is 9.98 Å². The van der Waals surface area contributed by atoms with Crippen LogP contribution in [0.4, 0.5) is 0 Å². The van der Waals surface area contributed by atoms with Gasteiger partial charge in [0.15, 0.2) is 0 Å². The molecule has 4 aromatic rings. The van der Waals surface area contributed by atoms with Crippen molar-refractivity contribution in [2.75, 3.05) is 0 Å². The second kappa shape index (κ2) is 9.16. The molecule has 4 aromatic carbocycles. The minimum Gasteiger partial charge on any atom is -0.440 e. The molecule has 0 amide bonds. The van der Waals surface area contributed by atoms with E-state index < -0.39 is 12.3 Å². The number of hydrogen-bond donors (Lipinski definition) is 2. The fourth-order valence-electron chi connectivity index (χ4n) is 6.14. The van der Waals surface area contributed by atoms with Crippen LogP contribution in [0, 0.1) is 0 Å². The molecule has 5 heterocycles. The number of amidine groups is 4. The van der Waals surface area contributed by atoms with Crippen LogP contribution >= 0.6 is 0 Å². The maximum absolute atomic E-state index is 5.11. The smallest absolute Gasteiger partial charge is 0.440 e. The molecule has 0 saturated carbocycles. The molecular formula is C32H22CuN8. The van der Waals surface area contributed by atoms with E-state index in [1.165, 1.54) is 0 Å². The molecule has 8 bridgehead atoms. The molecule has 0 spiro atoms. The van der Waals surface area contributed by atoms with Crippen molar-refractivity contribution in [3.05, 3.63) is 152 Å². The first-order chi connectivity index (χ1) is 19.8. The van der Waals surface area contributed by atoms with Gasteiger partial charge in [-0.2, -0.15) is 0 Å². The zero-order chi connectivity index (χ0) is 26.2. The van der Waals surface area contributed by atoms with E-state index >= 15 is 0 Å². The van der Waals surface area contributed by atoms with Crippen molar-refractivity contribution in [3.63, 3.8) is 0 Å². The summed E-state index contributed by atoms with van der Waals surface area (Å²) in [7, 11) is 0. The second-order valence-corrected chi connectivity index (χ2v) is 10.3. The van der Waals surface area contributed by atoms with E-state index in [-0.39, 0.29) is 29.4 Å². The van der Waals surface area contributed by atoms with Gasteiger partial charge in [0.05, 0.1) is 24.7 Å². The molecule has 41 heavy (non-hydrogen) atoms. The predicted molar refractivity (Wildman–Crippen MR) is 156 cm³/mol. The van der Waals surface area contributed by atoms with Crippen LogP contribution in [0.25, 0.3) is 10.6 Å². The van der Waals surface area contributed by atoms with Crippen molar-refractivity contribution < 1.29 is 17.1 Å². The minimum atomic E-state index is -0.407. The Labute approximate surface area is 247 Å². The van der Waals surface area contributed by atoms with Gasteiger partial charge in [-0.1, -0.05) is 109 Å². The van der Waals surface area contributed by atoms with E-state index in [0.29, 0.717) is 11.7 Å². The van der Waals surface area contributed by atoms with Crippen LogP contribution in [-0.2, 0) is 17.1 Å². The Bertz CT molecular complexity index is 1720. The van der Waals surface area contributed by atoms with Gasteiger partial charge in [-0.15, -0.1) is 0 Å². The predicted octanol–water partition coefficient (Wildman–Crippen LogP) is 5.76. The van der Waals surface area contributed by atoms with Crippen molar-refractivity contribution >= 4 is 23.3 Å². The first-order valence-electron chi connectivity index (χ1n) is 13.4. The summed E-state index contributed by atoms with van der Waals surface area (Å²) in [4.78, 5) is 20.3. The third kappa shape index (κ3) is 3.66. The van der Waals surface area contributed by atoms with E-state index in [1.54, 1.807) is 0 Å². The van der Waals surface area contributed by atoms with Crippen LogP contribution in [-0.4, -0.2) is 23.3 Å². The van der Waals surface area contributed by atoms with E-state index in [9.17, 15) is 0 Å². The minimum absolute atomic E-state index is 0. The van der Waals surface area contributed by atoms with E-state index in [2.05, 4.69) is 59.2 Å². The Morgan fingerprint density at radius 2 is 0.805 bits per heavy atom. The maximum atomic E-state index is 5.11. The Morgan fingerprint density at radius 3 is 1.24 bits per heavy atom. The summed E-state index contributed by atoms with van der Waals surface area (Å²) >= 11 is 0. The molecule has 0 aromatic heterocycles. The number of rotatable bonds is 0. The monoisotopic (exact) mass is 581 g/mol. The topological polar surface area (TPSA) is 102 Å². The molecule has 5 aliphatic heterocycles. The Hall–Kier alpha value is -4.72. The number of nitrogens with zero attached hydrogens (tertiary/aromatic N) is 6. The van der Waals surface area contributed by atoms with Crippen LogP contribution in [0.3, 0.4) is 0 Å². The van der Waals surface area contributed by atoms with Crippen LogP contribution < -0.4 is 10.6 Å². The molecule has 9 heteroatoms. The van der Waals surface area contributed by atoms with Crippen LogP contribution in [0.1, 0.15) is 69.2 Å². The van der Waals surface area contributed by atoms with Crippen molar-refractivity contribution in [3.8, 4) is 0 Å². The zero-order valence-corrected chi connectivity index (χ0v) is 22.5. The summed E-state index contributed by atoms with van der Waals surface area (Å²) in [6.45, 7) is 0. The fraction of sp³-hybridized carbons (Fsp3) is 0.125. The number of fused-ring (bicyclic) bond motifs is 18. The standard InChI is InChI=1S/C32H22N8.Cu/c1-2-10-18-17(9-1)25-33-26(18)38-28-21-13-5-6-14-22(21)30(35-28)40-32-24-16-8-7-15-23(24)31(36-32)39-29-20-12-4-3-11-19(20)27(34-29)37-25;/h1-16,25,28-29,32H,(H2-2,33,34,35,36,37,38,39,40);/q-2;+2. The van der Waals surface area contributed by atoms with Crippen molar-refractivity contribution in [1.82, 2.24) is 10.6 Å². The van der Waals surface area contributed by atoms with Crippen LogP contribution in [0.5, 0.6) is 0 Å². The van der Waals surface area contributed by atoms with Gasteiger partial charge in [0.25, 0.3) is 0 Å². The zero-order valence-electron chi connectivity index (χ0n) is 21.5. The SMILES string of the molecule is [Cu+2].c1ccc2c(c1)C1=NC2/N=C2\[N-]C(NC3=NC(/N=C4\[N-]C(N1)c1ccccc14)c1ccccc13)c1ccccc12. The van der Waals surface area contributed by atoms with Crippen molar-refractivity contribution in [2.45, 2.75) is 24.7 Å². The average molecular weight is 582 g/mol. The molecular weight excluding hydrogens is 560 g/mol. The molecule has 0 aliphatic carbocycles. The molecule has 0 saturated heterocycles. The summed E-state index contributed by atoms with van der Waals surface area (Å²) in [6.07, 6.45) is -1.45. The van der Waals surface area contributed by atoms with E-state index in [4.69, 9.17) is 30.6 Å². The largest absolute Gasteiger partial charge is 2.00 e. The summed E-state index contributed by atoms with van der Waals surface area (Å²) in [5.41, 5.74) is 8.29. The molecule has 5 aliphatic rings. The molecule has 4 atom stereocenters. The first kappa shape index (κ1) is 24.1. The molecule has 4 unspecified atom stereocenters. The maximum Gasteiger partial charge on any atom is 2.00 e. The average Bonchev–Trinajstić information content (AvgIpc) is 3.73. The number of hydrogen-bond acceptors (Lipinski definition) is 6. The summed E-state index contributed by atoms with van der Waals surface area (Å²) < 4.78 is 0. The van der Waals surface area contributed by atoms with Gasteiger partial charge < -0.3 is 31.3 Å². The van der Waals surface area contributed by atoms with Gasteiger partial charge in [0, 0.05) is 11.1 Å². The molecule has 0 fully saturated rings. The summed E-state index contributed by atoms with van der Waals surface area (Å²) in [6, 6.07) is 32.9. The fourth-order valence-corrected chi connectivity index (χ4v) is 6.14. The molecule has 9 rings (SSSR count). The first-order valence-corrected chi connectivity index (χ1v) is 13.4. The van der Waals surface area contributed by atoms with Gasteiger partial charge in [-0.05, 0) is 33.4 Å². The number of aliphatic imine (C=N–C) groups is 4.